The van der Waals surface area contributed by atoms with Gasteiger partial charge in [-0.1, -0.05) is 49.7 Å². The zero-order chi connectivity index (χ0) is 39.2. The molecule has 0 aliphatic rings. The highest BCUT2D eigenvalue weighted by atomic mass is 35.5. The van der Waals surface area contributed by atoms with Crippen LogP contribution in [-0.2, 0) is 25.0 Å². The fourth-order valence-electron chi connectivity index (χ4n) is 6.34. The van der Waals surface area contributed by atoms with Gasteiger partial charge in [-0.2, -0.15) is 5.10 Å². The van der Waals surface area contributed by atoms with Crippen molar-refractivity contribution in [1.29, 1.82) is 0 Å². The normalized spacial score (nSPS) is 11.8. The van der Waals surface area contributed by atoms with Gasteiger partial charge in [-0.05, 0) is 49.7 Å². The molecule has 55 heavy (non-hydrogen) atoms. The van der Waals surface area contributed by atoms with Crippen molar-refractivity contribution in [2.24, 2.45) is 13.0 Å². The summed E-state index contributed by atoms with van der Waals surface area (Å²) in [6.07, 6.45) is 9.22. The number of phenols is 1. The van der Waals surface area contributed by atoms with Gasteiger partial charge in [0.2, 0.25) is 5.91 Å². The van der Waals surface area contributed by atoms with Crippen molar-refractivity contribution in [3.63, 3.8) is 0 Å². The highest BCUT2D eigenvalue weighted by molar-refractivity contribution is 6.31. The number of fused-ring (bicyclic) bond motifs is 2. The number of aromatic hydroxyl groups is 1. The Bertz CT molecular complexity index is 2430. The number of carbonyl (C=O) groups is 1. The predicted molar refractivity (Wildman–Crippen MR) is 211 cm³/mol. The van der Waals surface area contributed by atoms with E-state index < -0.39 is 12.7 Å². The molecule has 7 rings (SSSR count). The van der Waals surface area contributed by atoms with E-state index in [9.17, 15) is 20.1 Å². The summed E-state index contributed by atoms with van der Waals surface area (Å²) in [6.45, 7) is 7.26. The van der Waals surface area contributed by atoms with Gasteiger partial charge in [-0.15, -0.1) is 0 Å². The minimum Gasteiger partial charge on any atom is -0.506 e. The van der Waals surface area contributed by atoms with Gasteiger partial charge in [0.25, 0.3) is 0 Å². The van der Waals surface area contributed by atoms with Crippen LogP contribution < -0.4 is 4.74 Å². The van der Waals surface area contributed by atoms with E-state index in [4.69, 9.17) is 21.3 Å². The maximum atomic E-state index is 12.8. The van der Waals surface area contributed by atoms with E-state index in [1.165, 1.54) is 11.1 Å². The number of halogens is 1. The van der Waals surface area contributed by atoms with Crippen molar-refractivity contribution in [1.82, 2.24) is 39.2 Å². The van der Waals surface area contributed by atoms with Crippen molar-refractivity contribution >= 4 is 39.3 Å². The fraction of sp³-hybridized carbons (Fsp3) is 0.268. The van der Waals surface area contributed by atoms with E-state index >= 15 is 0 Å². The number of aryl methyl sites for hydroxylation is 3. The number of phenolic OH excluding ortho intramolecular Hbond substituents is 1. The summed E-state index contributed by atoms with van der Waals surface area (Å²) in [5.74, 6) is 0.360. The number of aliphatic hydroxyl groups is 2. The fourth-order valence-corrected chi connectivity index (χ4v) is 6.57. The average molecular weight is 763 g/mol. The van der Waals surface area contributed by atoms with Crippen LogP contribution in [0.2, 0.25) is 5.02 Å². The van der Waals surface area contributed by atoms with Crippen molar-refractivity contribution in [3.8, 4) is 28.4 Å². The summed E-state index contributed by atoms with van der Waals surface area (Å²) in [5, 5.41) is 35.7. The zero-order valence-electron chi connectivity index (χ0n) is 31.3. The smallest absolute Gasteiger partial charge is 0.225 e. The molecule has 0 spiro atoms. The molecule has 0 bridgehead atoms. The first kappa shape index (κ1) is 38.8. The molecule has 3 N–H and O–H groups in total. The summed E-state index contributed by atoms with van der Waals surface area (Å²) in [4.78, 5) is 31.7. The lowest BCUT2D eigenvalue weighted by Crippen LogP contribution is -2.40. The molecular formula is C41H43ClN8O5. The second-order valence-corrected chi connectivity index (χ2v) is 13.9. The number of para-hydroxylation sites is 2. The van der Waals surface area contributed by atoms with Crippen LogP contribution >= 0.6 is 11.6 Å². The molecule has 13 nitrogen and oxygen atoms in total. The topological polar surface area (TPSA) is 165 Å². The molecule has 0 radical (unpaired) electrons. The predicted octanol–water partition coefficient (Wildman–Crippen LogP) is 6.34. The van der Waals surface area contributed by atoms with Crippen LogP contribution in [0.1, 0.15) is 36.4 Å². The van der Waals surface area contributed by atoms with E-state index in [-0.39, 0.29) is 37.3 Å². The number of nitrogens with zero attached hydrogens (tertiary/aromatic N) is 8. The number of ether oxygens (including phenoxy) is 1. The Balaban J connectivity index is 0.000000250. The molecule has 5 aromatic heterocycles. The molecule has 284 valence electrons. The molecule has 0 saturated heterocycles. The molecule has 0 aliphatic heterocycles. The van der Waals surface area contributed by atoms with Crippen LogP contribution in [0.5, 0.6) is 11.5 Å². The molecular weight excluding hydrogens is 720 g/mol. The van der Waals surface area contributed by atoms with Gasteiger partial charge >= 0.3 is 0 Å². The van der Waals surface area contributed by atoms with E-state index in [0.717, 1.165) is 44.6 Å². The van der Waals surface area contributed by atoms with Crippen molar-refractivity contribution in [2.45, 2.75) is 47.0 Å². The van der Waals surface area contributed by atoms with E-state index in [0.29, 0.717) is 27.4 Å². The molecule has 1 unspecified atom stereocenters. The summed E-state index contributed by atoms with van der Waals surface area (Å²) in [6, 6.07) is 17.2. The Morgan fingerprint density at radius 3 is 2.42 bits per heavy atom. The Morgan fingerprint density at radius 1 is 0.964 bits per heavy atom. The second kappa shape index (κ2) is 17.1. The van der Waals surface area contributed by atoms with Gasteiger partial charge < -0.3 is 29.5 Å². The van der Waals surface area contributed by atoms with Gasteiger partial charge in [-0.25, -0.2) is 15.0 Å². The summed E-state index contributed by atoms with van der Waals surface area (Å²) in [5.41, 5.74) is 7.37. The number of imidazole rings is 1. The molecule has 0 saturated carbocycles. The molecule has 1 atom stereocenters. The molecule has 2 aromatic carbocycles. The Morgan fingerprint density at radius 2 is 1.71 bits per heavy atom. The molecule has 1 amide bonds. The molecule has 7 aromatic rings. The lowest BCUT2D eigenvalue weighted by Gasteiger charge is -2.27. The first-order valence-electron chi connectivity index (χ1n) is 17.7. The van der Waals surface area contributed by atoms with E-state index in [2.05, 4.69) is 20.1 Å². The number of amides is 1. The largest absolute Gasteiger partial charge is 0.506 e. The monoisotopic (exact) mass is 762 g/mol. The number of carbonyl (C=O) groups excluding carboxylic acids is 1. The number of aromatic nitrogens is 7. The standard InChI is InChI=1S/C28H32ClN5O4.C13H11N3O/c1-17(2)28(37)34(14-20(36)15-35)13-19-11-30-12-24(29)23(19)16-38-26-7-5-6-21-22(10-18(3)32-27(21)26)25-8-9-31-33(25)4;1-9-7-11(16-6-5-14-8-16)10-3-2-4-12(17)13(10)15-9/h5-12,17,20,35-36H,13-16H2,1-4H3;2-8,17H,1H3. The second-order valence-electron chi connectivity index (χ2n) is 13.5. The number of benzene rings is 2. The van der Waals surface area contributed by atoms with E-state index in [1.54, 1.807) is 44.8 Å². The lowest BCUT2D eigenvalue weighted by atomic mass is 10.0. The minimum absolute atomic E-state index is 0.0103. The van der Waals surface area contributed by atoms with Gasteiger partial charge in [0.05, 0.1) is 35.4 Å². The lowest BCUT2D eigenvalue weighted by molar-refractivity contribution is -0.137. The van der Waals surface area contributed by atoms with Crippen LogP contribution in [0, 0.1) is 19.8 Å². The number of hydrogen-bond donors (Lipinski definition) is 3. The minimum atomic E-state index is -1.05. The van der Waals surface area contributed by atoms with Crippen LogP contribution in [0.3, 0.4) is 0 Å². The summed E-state index contributed by atoms with van der Waals surface area (Å²) in [7, 11) is 1.90. The molecule has 0 fully saturated rings. The van der Waals surface area contributed by atoms with Gasteiger partial charge in [-0.3, -0.25) is 14.5 Å². The maximum absolute atomic E-state index is 12.8. The Kier molecular flexibility index (Phi) is 12.0. The Labute approximate surface area is 323 Å². The third-order valence-electron chi connectivity index (χ3n) is 9.01. The first-order chi connectivity index (χ1) is 26.4. The van der Waals surface area contributed by atoms with Gasteiger partial charge in [0, 0.05) is 90.3 Å². The highest BCUT2D eigenvalue weighted by Crippen LogP contribution is 2.34. The highest BCUT2D eigenvalue weighted by Gasteiger charge is 2.23. The zero-order valence-corrected chi connectivity index (χ0v) is 32.0. The SMILES string of the molecule is Cc1cc(-c2ccnn2C)c2cccc(OCc3c(Cl)cncc3CN(CC(O)CO)C(=O)C(C)C)c2n1.Cc1cc(-n2ccnc2)c2cccc(O)c2n1. The molecule has 5 heterocycles. The van der Waals surface area contributed by atoms with Crippen LogP contribution in [0.4, 0.5) is 0 Å². The number of rotatable bonds is 11. The van der Waals surface area contributed by atoms with Crippen LogP contribution in [-0.4, -0.2) is 79.7 Å². The van der Waals surface area contributed by atoms with Crippen molar-refractivity contribution < 1.29 is 24.9 Å². The Hall–Kier alpha value is -5.89. The van der Waals surface area contributed by atoms with E-state index in [1.807, 2.05) is 84.9 Å². The number of aliphatic hydroxyl groups excluding tert-OH is 2. The van der Waals surface area contributed by atoms with Crippen molar-refractivity contribution in [2.75, 3.05) is 13.2 Å². The van der Waals surface area contributed by atoms with Gasteiger partial charge in [0.15, 0.2) is 0 Å². The number of pyridine rings is 3. The third kappa shape index (κ3) is 8.75. The first-order valence-corrected chi connectivity index (χ1v) is 18.1. The van der Waals surface area contributed by atoms with Crippen LogP contribution in [0.15, 0.2) is 91.9 Å². The maximum Gasteiger partial charge on any atom is 0.225 e. The molecule has 14 heteroatoms. The van der Waals surface area contributed by atoms with Crippen LogP contribution in [0.25, 0.3) is 38.8 Å². The quantitative estimate of drug-likeness (QED) is 0.135. The average Bonchev–Trinajstić information content (AvgIpc) is 3.86. The summed E-state index contributed by atoms with van der Waals surface area (Å²) < 4.78 is 10.0. The summed E-state index contributed by atoms with van der Waals surface area (Å²) >= 11 is 6.55. The molecule has 0 aliphatic carbocycles. The third-order valence-corrected chi connectivity index (χ3v) is 9.33. The number of hydrogen-bond acceptors (Lipinski definition) is 10. The van der Waals surface area contributed by atoms with Crippen molar-refractivity contribution in [3.05, 3.63) is 119 Å². The van der Waals surface area contributed by atoms with Gasteiger partial charge in [0.1, 0.15) is 29.1 Å².